The maximum atomic E-state index is 2.46. The van der Waals surface area contributed by atoms with Crippen molar-refractivity contribution in [3.05, 3.63) is 35.5 Å². The van der Waals surface area contributed by atoms with Crippen molar-refractivity contribution in [3.63, 3.8) is 0 Å². The first-order chi connectivity index (χ1) is 8.43. The van der Waals surface area contributed by atoms with E-state index in [-0.39, 0.29) is 0 Å². The quantitative estimate of drug-likeness (QED) is 0.564. The molecule has 0 bridgehead atoms. The Morgan fingerprint density at radius 1 is 0.941 bits per heavy atom. The first kappa shape index (κ1) is 10.2. The molecule has 90 valence electrons. The van der Waals surface area contributed by atoms with E-state index in [9.17, 15) is 0 Å². The summed E-state index contributed by atoms with van der Waals surface area (Å²) < 4.78 is 0. The summed E-state index contributed by atoms with van der Waals surface area (Å²) in [5.41, 5.74) is 3.65. The highest BCUT2D eigenvalue weighted by molar-refractivity contribution is 5.41. The summed E-state index contributed by atoms with van der Waals surface area (Å²) in [4.78, 5) is 0. The van der Waals surface area contributed by atoms with E-state index in [0.29, 0.717) is 0 Å². The van der Waals surface area contributed by atoms with Gasteiger partial charge in [-0.3, -0.25) is 0 Å². The molecule has 4 rings (SSSR count). The normalized spacial score (nSPS) is 47.5. The summed E-state index contributed by atoms with van der Waals surface area (Å²) in [6, 6.07) is 0. The fourth-order valence-electron chi connectivity index (χ4n) is 4.47. The average Bonchev–Trinajstić information content (AvgIpc) is 3.10. The SMILES string of the molecule is C1=C/C2=C3/C(CCCCC2C=C1)CCC1CC31. The summed E-state index contributed by atoms with van der Waals surface area (Å²) in [5.74, 6) is 3.79. The van der Waals surface area contributed by atoms with Crippen molar-refractivity contribution in [2.75, 3.05) is 0 Å². The van der Waals surface area contributed by atoms with Gasteiger partial charge in [-0.15, -0.1) is 0 Å². The minimum absolute atomic E-state index is 0.761. The van der Waals surface area contributed by atoms with Gasteiger partial charge < -0.3 is 0 Å². The third kappa shape index (κ3) is 1.64. The summed E-state index contributed by atoms with van der Waals surface area (Å²) in [5, 5.41) is 0. The zero-order valence-electron chi connectivity index (χ0n) is 10.6. The fourth-order valence-corrected chi connectivity index (χ4v) is 4.47. The van der Waals surface area contributed by atoms with Crippen LogP contribution in [0.1, 0.15) is 44.9 Å². The standard InChI is InChI=1S/C17H22/c1-2-7-13-9-10-14-11-16(14)17(13)15-8-4-3-6-12(15)5-1/h3-4,6,8,12-14,16H,1-2,5,7,9-11H2/b17-15+. The van der Waals surface area contributed by atoms with E-state index < -0.39 is 0 Å². The predicted molar refractivity (Wildman–Crippen MR) is 71.6 cm³/mol. The lowest BCUT2D eigenvalue weighted by Gasteiger charge is -2.33. The highest BCUT2D eigenvalue weighted by atomic mass is 14.5. The molecule has 0 heterocycles. The third-order valence-corrected chi connectivity index (χ3v) is 5.43. The van der Waals surface area contributed by atoms with Crippen LogP contribution in [0, 0.1) is 23.7 Å². The lowest BCUT2D eigenvalue weighted by Crippen LogP contribution is -2.19. The molecule has 4 unspecified atom stereocenters. The number of allylic oxidation sites excluding steroid dienone is 6. The zero-order chi connectivity index (χ0) is 11.2. The lowest BCUT2D eigenvalue weighted by atomic mass is 9.72. The van der Waals surface area contributed by atoms with Crippen LogP contribution in [0.15, 0.2) is 35.5 Å². The molecule has 2 saturated carbocycles. The van der Waals surface area contributed by atoms with Crippen molar-refractivity contribution in [2.45, 2.75) is 44.9 Å². The summed E-state index contributed by atoms with van der Waals surface area (Å²) in [6.45, 7) is 0. The molecule has 2 fully saturated rings. The molecule has 0 spiro atoms. The van der Waals surface area contributed by atoms with E-state index in [0.717, 1.165) is 23.7 Å². The van der Waals surface area contributed by atoms with E-state index in [1.807, 2.05) is 5.57 Å². The van der Waals surface area contributed by atoms with Crippen LogP contribution >= 0.6 is 0 Å². The molecule has 0 N–H and O–H groups in total. The van der Waals surface area contributed by atoms with Gasteiger partial charge >= 0.3 is 0 Å². The molecule has 0 heteroatoms. The van der Waals surface area contributed by atoms with Gasteiger partial charge in [0.2, 0.25) is 0 Å². The zero-order valence-corrected chi connectivity index (χ0v) is 10.6. The Morgan fingerprint density at radius 3 is 2.88 bits per heavy atom. The second-order valence-corrected chi connectivity index (χ2v) is 6.42. The van der Waals surface area contributed by atoms with Crippen LogP contribution in [0.5, 0.6) is 0 Å². The minimum atomic E-state index is 0.761. The van der Waals surface area contributed by atoms with E-state index >= 15 is 0 Å². The van der Waals surface area contributed by atoms with Crippen LogP contribution in [0.3, 0.4) is 0 Å². The summed E-state index contributed by atoms with van der Waals surface area (Å²) in [7, 11) is 0. The molecule has 0 amide bonds. The van der Waals surface area contributed by atoms with Gasteiger partial charge in [-0.05, 0) is 55.4 Å². The van der Waals surface area contributed by atoms with Crippen LogP contribution in [-0.2, 0) is 0 Å². The molecule has 4 aliphatic carbocycles. The van der Waals surface area contributed by atoms with Crippen LogP contribution < -0.4 is 0 Å². The first-order valence-corrected chi connectivity index (χ1v) is 7.52. The smallest absolute Gasteiger partial charge is 0.00208 e. The van der Waals surface area contributed by atoms with Crippen molar-refractivity contribution in [2.24, 2.45) is 23.7 Å². The molecule has 0 radical (unpaired) electrons. The van der Waals surface area contributed by atoms with Crippen LogP contribution in [0.25, 0.3) is 0 Å². The van der Waals surface area contributed by atoms with Gasteiger partial charge in [0, 0.05) is 5.92 Å². The number of rotatable bonds is 0. The molecule has 0 aliphatic heterocycles. The number of hydrogen-bond donors (Lipinski definition) is 0. The van der Waals surface area contributed by atoms with Crippen LogP contribution in [-0.4, -0.2) is 0 Å². The maximum absolute atomic E-state index is 2.46. The van der Waals surface area contributed by atoms with E-state index in [2.05, 4.69) is 24.3 Å². The topological polar surface area (TPSA) is 0 Å². The molecule has 4 aliphatic rings. The third-order valence-electron chi connectivity index (χ3n) is 5.43. The Morgan fingerprint density at radius 2 is 1.88 bits per heavy atom. The van der Waals surface area contributed by atoms with Gasteiger partial charge in [0.1, 0.15) is 0 Å². The Hall–Kier alpha value is -0.780. The van der Waals surface area contributed by atoms with Gasteiger partial charge in [0.15, 0.2) is 0 Å². The monoisotopic (exact) mass is 226 g/mol. The highest BCUT2D eigenvalue weighted by Gasteiger charge is 2.47. The van der Waals surface area contributed by atoms with Crippen molar-refractivity contribution < 1.29 is 0 Å². The molecule has 17 heavy (non-hydrogen) atoms. The van der Waals surface area contributed by atoms with Gasteiger partial charge in [-0.25, -0.2) is 0 Å². The molecule has 0 aromatic rings. The minimum Gasteiger partial charge on any atom is -0.0770 e. The molecule has 0 aromatic carbocycles. The molecular formula is C17H22. The molecule has 0 saturated heterocycles. The van der Waals surface area contributed by atoms with Crippen LogP contribution in [0.4, 0.5) is 0 Å². The summed E-state index contributed by atoms with van der Waals surface area (Å²) >= 11 is 0. The maximum Gasteiger partial charge on any atom is 0.00208 e. The van der Waals surface area contributed by atoms with Gasteiger partial charge in [-0.2, -0.15) is 0 Å². The fraction of sp³-hybridized carbons (Fsp3) is 0.647. The molecular weight excluding hydrogens is 204 g/mol. The van der Waals surface area contributed by atoms with Crippen molar-refractivity contribution in [3.8, 4) is 0 Å². The Balaban J connectivity index is 1.79. The first-order valence-electron chi connectivity index (χ1n) is 7.52. The number of hydrogen-bond acceptors (Lipinski definition) is 0. The van der Waals surface area contributed by atoms with E-state index in [1.165, 1.54) is 44.9 Å². The summed E-state index contributed by atoms with van der Waals surface area (Å²) in [6.07, 6.45) is 19.7. The Bertz CT molecular complexity index is 410. The molecule has 0 nitrogen and oxygen atoms in total. The highest BCUT2D eigenvalue weighted by Crippen LogP contribution is 2.58. The lowest BCUT2D eigenvalue weighted by molar-refractivity contribution is 0.378. The van der Waals surface area contributed by atoms with Crippen molar-refractivity contribution >= 4 is 0 Å². The predicted octanol–water partition coefficient (Wildman–Crippen LogP) is 4.65. The van der Waals surface area contributed by atoms with E-state index in [1.54, 1.807) is 5.57 Å². The van der Waals surface area contributed by atoms with Crippen molar-refractivity contribution in [1.82, 2.24) is 0 Å². The largest absolute Gasteiger partial charge is 0.0770 e. The molecule has 4 atom stereocenters. The van der Waals surface area contributed by atoms with Gasteiger partial charge in [0.05, 0.1) is 0 Å². The second-order valence-electron chi connectivity index (χ2n) is 6.42. The van der Waals surface area contributed by atoms with Gasteiger partial charge in [0.25, 0.3) is 0 Å². The Labute approximate surface area is 104 Å². The van der Waals surface area contributed by atoms with Gasteiger partial charge in [-0.1, -0.05) is 42.7 Å². The second kappa shape index (κ2) is 3.86. The average molecular weight is 226 g/mol. The number of fused-ring (bicyclic) bond motifs is 4. The van der Waals surface area contributed by atoms with Crippen molar-refractivity contribution in [1.29, 1.82) is 0 Å². The molecule has 0 aromatic heterocycles. The Kier molecular flexibility index (Phi) is 2.31. The van der Waals surface area contributed by atoms with Crippen LogP contribution in [0.2, 0.25) is 0 Å². The van der Waals surface area contributed by atoms with E-state index in [4.69, 9.17) is 0 Å².